The van der Waals surface area contributed by atoms with Crippen molar-refractivity contribution in [3.8, 4) is 0 Å². The van der Waals surface area contributed by atoms with Gasteiger partial charge in [-0.15, -0.1) is 0 Å². The zero-order valence-corrected chi connectivity index (χ0v) is 15.9. The Bertz CT molecular complexity index is 424. The van der Waals surface area contributed by atoms with Gasteiger partial charge in [-0.3, -0.25) is 24.7 Å². The van der Waals surface area contributed by atoms with E-state index in [0.29, 0.717) is 6.61 Å². The molecule has 0 aromatic heterocycles. The van der Waals surface area contributed by atoms with Crippen LogP contribution in [0.2, 0.25) is 0 Å². The summed E-state index contributed by atoms with van der Waals surface area (Å²) in [6.45, 7) is 7.84. The average Bonchev–Trinajstić information content (AvgIpc) is 2.84. The van der Waals surface area contributed by atoms with E-state index in [9.17, 15) is 14.4 Å². The van der Waals surface area contributed by atoms with E-state index < -0.39 is 12.5 Å². The Kier molecular flexibility index (Phi) is 15.3. The first-order chi connectivity index (χ1) is 11.4. The lowest BCUT2D eigenvalue weighted by molar-refractivity contribution is -0.138. The minimum Gasteiger partial charge on any atom is -0.482 e. The molecule has 3 N–H and O–H groups in total. The van der Waals surface area contributed by atoms with Crippen molar-refractivity contribution in [1.29, 1.82) is 5.41 Å². The van der Waals surface area contributed by atoms with Gasteiger partial charge in [0.2, 0.25) is 17.7 Å². The van der Waals surface area contributed by atoms with Gasteiger partial charge in [-0.1, -0.05) is 13.8 Å². The van der Waals surface area contributed by atoms with Crippen LogP contribution in [0.5, 0.6) is 0 Å². The van der Waals surface area contributed by atoms with Crippen LogP contribution in [0.15, 0.2) is 0 Å². The molecule has 0 aromatic carbocycles. The number of rotatable bonds is 6. The van der Waals surface area contributed by atoms with Gasteiger partial charge in [-0.05, 0) is 13.2 Å². The lowest BCUT2D eigenvalue weighted by Crippen LogP contribution is -2.39. The summed E-state index contributed by atoms with van der Waals surface area (Å²) in [7, 11) is 0. The van der Waals surface area contributed by atoms with Crippen LogP contribution >= 0.6 is 11.8 Å². The van der Waals surface area contributed by atoms with Crippen LogP contribution < -0.4 is 5.32 Å². The molecule has 0 radical (unpaired) electrons. The number of nitrogens with zero attached hydrogens (tertiary/aromatic N) is 1. The molecule has 1 aliphatic heterocycles. The second-order valence-corrected chi connectivity index (χ2v) is 5.35. The maximum absolute atomic E-state index is 11.6. The topological polar surface area (TPSA) is 120 Å². The molecule has 0 aromatic rings. The number of thioether (sulfide) groups is 1. The summed E-state index contributed by atoms with van der Waals surface area (Å²) in [5, 5.41) is 17.2. The molecule has 142 valence electrons. The number of nitrogens with one attached hydrogen (secondary N) is 2. The molecular formula is C15H31N3O5S. The van der Waals surface area contributed by atoms with E-state index in [2.05, 4.69) is 10.1 Å². The Morgan fingerprint density at radius 1 is 1.50 bits per heavy atom. The fourth-order valence-electron chi connectivity index (χ4n) is 1.65. The molecule has 0 spiro atoms. The average molecular weight is 365 g/mol. The van der Waals surface area contributed by atoms with Gasteiger partial charge in [0, 0.05) is 27.9 Å². The number of carbonyl (C=O) groups excluding carboxylic acids is 3. The van der Waals surface area contributed by atoms with Gasteiger partial charge in [0.15, 0.2) is 5.90 Å². The highest BCUT2D eigenvalue weighted by molar-refractivity contribution is 8.00. The quantitative estimate of drug-likeness (QED) is 0.365. The van der Waals surface area contributed by atoms with Crippen LogP contribution in [-0.2, 0) is 19.1 Å². The van der Waals surface area contributed by atoms with Crippen LogP contribution in [0.25, 0.3) is 0 Å². The molecule has 1 saturated heterocycles. The van der Waals surface area contributed by atoms with Gasteiger partial charge in [-0.2, -0.15) is 11.8 Å². The fraction of sp³-hybridized carbons (Fsp3) is 0.733. The first-order valence-electron chi connectivity index (χ1n) is 7.79. The van der Waals surface area contributed by atoms with Crippen LogP contribution in [0, 0.1) is 5.41 Å². The number of imide groups is 1. The zero-order chi connectivity index (χ0) is 19.1. The van der Waals surface area contributed by atoms with Crippen molar-refractivity contribution in [2.45, 2.75) is 39.4 Å². The smallest absolute Gasteiger partial charge is 0.245 e. The van der Waals surface area contributed by atoms with Crippen molar-refractivity contribution < 1.29 is 25.7 Å². The Balaban J connectivity index is -0.000000459. The number of aliphatic hydroxyl groups excluding tert-OH is 1. The van der Waals surface area contributed by atoms with E-state index in [4.69, 9.17) is 10.5 Å². The molecular weight excluding hydrogens is 334 g/mol. The van der Waals surface area contributed by atoms with Crippen molar-refractivity contribution in [3.05, 3.63) is 0 Å². The van der Waals surface area contributed by atoms with Gasteiger partial charge >= 0.3 is 0 Å². The molecule has 1 heterocycles. The van der Waals surface area contributed by atoms with Gasteiger partial charge in [0.1, 0.15) is 6.61 Å². The number of hydrogen-bond acceptors (Lipinski definition) is 7. The summed E-state index contributed by atoms with van der Waals surface area (Å²) < 4.78 is 4.62. The maximum atomic E-state index is 11.6. The summed E-state index contributed by atoms with van der Waals surface area (Å²) in [4.78, 5) is 34.9. The summed E-state index contributed by atoms with van der Waals surface area (Å²) in [6, 6.07) is 0. The molecule has 0 saturated carbocycles. The van der Waals surface area contributed by atoms with E-state index in [1.807, 2.05) is 20.8 Å². The Morgan fingerprint density at radius 3 is 2.42 bits per heavy atom. The predicted molar refractivity (Wildman–Crippen MR) is 97.2 cm³/mol. The number of amides is 3. The fourth-order valence-corrected chi connectivity index (χ4v) is 2.29. The molecule has 1 rings (SSSR count). The molecule has 9 heteroatoms. The summed E-state index contributed by atoms with van der Waals surface area (Å²) in [6.07, 6.45) is 2.01. The zero-order valence-electron chi connectivity index (χ0n) is 15.0. The molecule has 1 atom stereocenters. The third kappa shape index (κ3) is 10.2. The van der Waals surface area contributed by atoms with Crippen LogP contribution in [0.4, 0.5) is 0 Å². The van der Waals surface area contributed by atoms with Gasteiger partial charge in [0.05, 0.1) is 11.9 Å². The van der Waals surface area contributed by atoms with E-state index in [-0.39, 0.29) is 43.9 Å². The Labute approximate surface area is 149 Å². The summed E-state index contributed by atoms with van der Waals surface area (Å²) in [5.74, 6) is -0.628. The van der Waals surface area contributed by atoms with Crippen LogP contribution in [-0.4, -0.2) is 71.4 Å². The van der Waals surface area contributed by atoms with Crippen molar-refractivity contribution >= 4 is 35.4 Å². The number of hydrogen-bond donors (Lipinski definition) is 3. The minimum atomic E-state index is -0.588. The standard InChI is InChI=1S/C9H14N2O4S.C4H9NO.C2H6.H2/c1-16-6-4-8(14)11(9(6)15)3-2-10-7(13)5-12;1-3-6-4(2)5;1-2;/h6,12H,2-5H2,1H3,(H,10,13);5H,3H2,1-2H3;1-2H3;1H. The Morgan fingerprint density at radius 2 is 2.08 bits per heavy atom. The van der Waals surface area contributed by atoms with E-state index in [1.54, 1.807) is 13.2 Å². The Hall–Kier alpha value is -1.61. The van der Waals surface area contributed by atoms with E-state index >= 15 is 0 Å². The van der Waals surface area contributed by atoms with Crippen molar-refractivity contribution in [2.24, 2.45) is 0 Å². The molecule has 1 fully saturated rings. The number of likely N-dealkylation sites (tertiary alicyclic amines) is 1. The molecule has 3 amide bonds. The molecule has 8 nitrogen and oxygen atoms in total. The SMILES string of the molecule is CC.CCOC(C)=N.CSC1CC(=O)N(CCNC(=O)CO)C1=O.[HH]. The highest BCUT2D eigenvalue weighted by Gasteiger charge is 2.37. The third-order valence-corrected chi connectivity index (χ3v) is 3.59. The third-order valence-electron chi connectivity index (χ3n) is 2.65. The highest BCUT2D eigenvalue weighted by Crippen LogP contribution is 2.22. The van der Waals surface area contributed by atoms with Gasteiger partial charge in [-0.25, -0.2) is 0 Å². The maximum Gasteiger partial charge on any atom is 0.245 e. The number of ether oxygens (including phenoxy) is 1. The monoisotopic (exact) mass is 365 g/mol. The summed E-state index contributed by atoms with van der Waals surface area (Å²) in [5.41, 5.74) is 0. The second kappa shape index (κ2) is 14.9. The number of carbonyl (C=O) groups is 3. The molecule has 1 unspecified atom stereocenters. The predicted octanol–water partition coefficient (Wildman–Crippen LogP) is 0.878. The van der Waals surface area contributed by atoms with E-state index in [1.165, 1.54) is 11.8 Å². The first kappa shape index (κ1) is 24.6. The lowest BCUT2D eigenvalue weighted by atomic mass is 10.4. The normalized spacial score (nSPS) is 15.8. The largest absolute Gasteiger partial charge is 0.482 e. The molecule has 1 aliphatic rings. The molecule has 0 aliphatic carbocycles. The highest BCUT2D eigenvalue weighted by atomic mass is 32.2. The van der Waals surface area contributed by atoms with Crippen LogP contribution in [0.3, 0.4) is 0 Å². The molecule has 24 heavy (non-hydrogen) atoms. The number of aliphatic hydroxyl groups is 1. The second-order valence-electron chi connectivity index (χ2n) is 4.31. The van der Waals surface area contributed by atoms with Crippen molar-refractivity contribution in [2.75, 3.05) is 32.6 Å². The molecule has 0 bridgehead atoms. The summed E-state index contributed by atoms with van der Waals surface area (Å²) >= 11 is 1.35. The van der Waals surface area contributed by atoms with Crippen LogP contribution in [0.1, 0.15) is 35.5 Å². The first-order valence-corrected chi connectivity index (χ1v) is 9.08. The van der Waals surface area contributed by atoms with Crippen molar-refractivity contribution in [3.63, 3.8) is 0 Å². The lowest BCUT2D eigenvalue weighted by Gasteiger charge is -2.14. The van der Waals surface area contributed by atoms with Gasteiger partial charge in [0.25, 0.3) is 0 Å². The van der Waals surface area contributed by atoms with Gasteiger partial charge < -0.3 is 15.2 Å². The van der Waals surface area contributed by atoms with Crippen molar-refractivity contribution in [1.82, 2.24) is 10.2 Å². The minimum absolute atomic E-state index is 0. The van der Waals surface area contributed by atoms with E-state index in [0.717, 1.165) is 4.90 Å².